The van der Waals surface area contributed by atoms with Crippen molar-refractivity contribution in [2.45, 2.75) is 41.2 Å². The van der Waals surface area contributed by atoms with E-state index in [0.29, 0.717) is 5.92 Å². The molecule has 1 N–H and O–H groups in total. The molecule has 102 valence electrons. The van der Waals surface area contributed by atoms with Crippen molar-refractivity contribution in [3.63, 3.8) is 0 Å². The van der Waals surface area contributed by atoms with Crippen molar-refractivity contribution in [1.82, 2.24) is 15.3 Å². The van der Waals surface area contributed by atoms with Gasteiger partial charge < -0.3 is 10.2 Å². The van der Waals surface area contributed by atoms with Gasteiger partial charge in [0.15, 0.2) is 0 Å². The zero-order valence-electron chi connectivity index (χ0n) is 12.3. The van der Waals surface area contributed by atoms with Crippen LogP contribution in [0.5, 0.6) is 0 Å². The van der Waals surface area contributed by atoms with Gasteiger partial charge in [-0.1, -0.05) is 13.8 Å². The van der Waals surface area contributed by atoms with Crippen molar-refractivity contribution < 1.29 is 0 Å². The Bertz CT molecular complexity index is 359. The molecule has 0 atom stereocenters. The number of rotatable bonds is 7. The van der Waals surface area contributed by atoms with Crippen LogP contribution in [0.15, 0.2) is 6.07 Å². The highest BCUT2D eigenvalue weighted by molar-refractivity contribution is 5.31. The SMILES string of the molecule is CCN(CC)c1nc(C)cc(CNCC(C)C)n1. The second kappa shape index (κ2) is 7.31. The minimum Gasteiger partial charge on any atom is -0.341 e. The average Bonchev–Trinajstić information content (AvgIpc) is 2.29. The first-order valence-corrected chi connectivity index (χ1v) is 6.87. The van der Waals surface area contributed by atoms with E-state index in [-0.39, 0.29) is 0 Å². The number of hydrogen-bond donors (Lipinski definition) is 1. The Morgan fingerprint density at radius 2 is 1.89 bits per heavy atom. The summed E-state index contributed by atoms with van der Waals surface area (Å²) >= 11 is 0. The minimum atomic E-state index is 0.662. The molecule has 0 saturated carbocycles. The lowest BCUT2D eigenvalue weighted by molar-refractivity contribution is 0.547. The minimum absolute atomic E-state index is 0.662. The van der Waals surface area contributed by atoms with Gasteiger partial charge in [-0.2, -0.15) is 0 Å². The van der Waals surface area contributed by atoms with Crippen LogP contribution in [0, 0.1) is 12.8 Å². The van der Waals surface area contributed by atoms with Gasteiger partial charge in [0.1, 0.15) is 0 Å². The summed E-state index contributed by atoms with van der Waals surface area (Å²) in [6.45, 7) is 14.4. The van der Waals surface area contributed by atoms with Crippen molar-refractivity contribution in [3.05, 3.63) is 17.5 Å². The Hall–Kier alpha value is -1.16. The van der Waals surface area contributed by atoms with Gasteiger partial charge >= 0.3 is 0 Å². The summed E-state index contributed by atoms with van der Waals surface area (Å²) in [5, 5.41) is 3.42. The molecule has 0 aromatic carbocycles. The van der Waals surface area contributed by atoms with Gasteiger partial charge in [-0.25, -0.2) is 9.97 Å². The molecule has 0 aliphatic rings. The first-order chi connectivity index (χ1) is 8.56. The van der Waals surface area contributed by atoms with Gasteiger partial charge in [0, 0.05) is 25.3 Å². The maximum atomic E-state index is 4.62. The molecular formula is C14H26N4. The molecule has 0 radical (unpaired) electrons. The van der Waals surface area contributed by atoms with E-state index >= 15 is 0 Å². The van der Waals surface area contributed by atoms with E-state index in [1.807, 2.05) is 6.92 Å². The van der Waals surface area contributed by atoms with Crippen molar-refractivity contribution in [1.29, 1.82) is 0 Å². The van der Waals surface area contributed by atoms with Gasteiger partial charge in [-0.3, -0.25) is 0 Å². The van der Waals surface area contributed by atoms with E-state index in [2.05, 4.69) is 53.9 Å². The molecule has 1 aromatic rings. The van der Waals surface area contributed by atoms with E-state index in [0.717, 1.165) is 43.5 Å². The van der Waals surface area contributed by atoms with Crippen LogP contribution < -0.4 is 10.2 Å². The van der Waals surface area contributed by atoms with E-state index in [1.54, 1.807) is 0 Å². The highest BCUT2D eigenvalue weighted by atomic mass is 15.2. The van der Waals surface area contributed by atoms with Gasteiger partial charge in [0.2, 0.25) is 5.95 Å². The number of nitrogens with one attached hydrogen (secondary N) is 1. The van der Waals surface area contributed by atoms with Crippen LogP contribution in [0.3, 0.4) is 0 Å². The summed E-state index contributed by atoms with van der Waals surface area (Å²) in [6.07, 6.45) is 0. The number of aryl methyl sites for hydroxylation is 1. The summed E-state index contributed by atoms with van der Waals surface area (Å²) < 4.78 is 0. The smallest absolute Gasteiger partial charge is 0.225 e. The Kier molecular flexibility index (Phi) is 6.05. The van der Waals surface area contributed by atoms with Crippen molar-refractivity contribution in [2.75, 3.05) is 24.5 Å². The maximum absolute atomic E-state index is 4.62. The molecule has 0 unspecified atom stereocenters. The van der Waals surface area contributed by atoms with Crippen LogP contribution in [0.2, 0.25) is 0 Å². The number of hydrogen-bond acceptors (Lipinski definition) is 4. The third-order valence-corrected chi connectivity index (χ3v) is 2.80. The molecule has 18 heavy (non-hydrogen) atoms. The third-order valence-electron chi connectivity index (χ3n) is 2.80. The number of aromatic nitrogens is 2. The van der Waals surface area contributed by atoms with Crippen molar-refractivity contribution in [2.24, 2.45) is 5.92 Å². The first-order valence-electron chi connectivity index (χ1n) is 6.87. The van der Waals surface area contributed by atoms with Gasteiger partial charge in [-0.05, 0) is 39.3 Å². The van der Waals surface area contributed by atoms with E-state index < -0.39 is 0 Å². The van der Waals surface area contributed by atoms with E-state index in [1.165, 1.54) is 0 Å². The van der Waals surface area contributed by atoms with Crippen LogP contribution in [-0.2, 0) is 6.54 Å². The Balaban J connectivity index is 2.74. The third kappa shape index (κ3) is 4.61. The number of nitrogens with zero attached hydrogens (tertiary/aromatic N) is 3. The topological polar surface area (TPSA) is 41.1 Å². The molecule has 0 aliphatic heterocycles. The molecule has 0 spiro atoms. The predicted molar refractivity (Wildman–Crippen MR) is 76.9 cm³/mol. The van der Waals surface area contributed by atoms with Gasteiger partial charge in [0.05, 0.1) is 5.69 Å². The van der Waals surface area contributed by atoms with Gasteiger partial charge in [-0.15, -0.1) is 0 Å². The highest BCUT2D eigenvalue weighted by Crippen LogP contribution is 2.10. The molecule has 0 saturated heterocycles. The Labute approximate surface area is 111 Å². The zero-order chi connectivity index (χ0) is 13.5. The molecule has 4 nitrogen and oxygen atoms in total. The largest absolute Gasteiger partial charge is 0.341 e. The first kappa shape index (κ1) is 14.9. The number of anilines is 1. The normalized spacial score (nSPS) is 11.0. The summed E-state index contributed by atoms with van der Waals surface area (Å²) in [4.78, 5) is 11.3. The molecule has 0 amide bonds. The predicted octanol–water partition coefficient (Wildman–Crippen LogP) is 2.38. The molecule has 1 rings (SSSR count). The molecule has 0 bridgehead atoms. The highest BCUT2D eigenvalue weighted by Gasteiger charge is 2.07. The van der Waals surface area contributed by atoms with Crippen LogP contribution in [-0.4, -0.2) is 29.6 Å². The molecule has 4 heteroatoms. The molecule has 1 heterocycles. The zero-order valence-corrected chi connectivity index (χ0v) is 12.3. The lowest BCUT2D eigenvalue weighted by atomic mass is 10.2. The average molecular weight is 250 g/mol. The fraction of sp³-hybridized carbons (Fsp3) is 0.714. The second-order valence-corrected chi connectivity index (χ2v) is 5.00. The second-order valence-electron chi connectivity index (χ2n) is 5.00. The fourth-order valence-corrected chi connectivity index (χ4v) is 1.84. The summed E-state index contributed by atoms with van der Waals surface area (Å²) in [5.74, 6) is 1.51. The van der Waals surface area contributed by atoms with Crippen LogP contribution in [0.4, 0.5) is 5.95 Å². The molecular weight excluding hydrogens is 224 g/mol. The van der Waals surface area contributed by atoms with Crippen LogP contribution >= 0.6 is 0 Å². The summed E-state index contributed by atoms with van der Waals surface area (Å²) in [7, 11) is 0. The molecule has 0 aliphatic carbocycles. The maximum Gasteiger partial charge on any atom is 0.225 e. The van der Waals surface area contributed by atoms with Gasteiger partial charge in [0.25, 0.3) is 0 Å². The standard InChI is InChI=1S/C14H26N4/c1-6-18(7-2)14-16-12(5)8-13(17-14)10-15-9-11(3)4/h8,11,15H,6-7,9-10H2,1-5H3. The van der Waals surface area contributed by atoms with E-state index in [9.17, 15) is 0 Å². The fourth-order valence-electron chi connectivity index (χ4n) is 1.84. The quantitative estimate of drug-likeness (QED) is 0.806. The lowest BCUT2D eigenvalue weighted by Crippen LogP contribution is -2.26. The lowest BCUT2D eigenvalue weighted by Gasteiger charge is -2.19. The monoisotopic (exact) mass is 250 g/mol. The van der Waals surface area contributed by atoms with Crippen LogP contribution in [0.1, 0.15) is 39.1 Å². The van der Waals surface area contributed by atoms with Crippen molar-refractivity contribution >= 4 is 5.95 Å². The molecule has 1 aromatic heterocycles. The summed E-state index contributed by atoms with van der Waals surface area (Å²) in [5.41, 5.74) is 2.11. The Morgan fingerprint density at radius 1 is 1.22 bits per heavy atom. The van der Waals surface area contributed by atoms with E-state index in [4.69, 9.17) is 0 Å². The molecule has 0 fully saturated rings. The van der Waals surface area contributed by atoms with Crippen molar-refractivity contribution in [3.8, 4) is 0 Å². The Morgan fingerprint density at radius 3 is 2.44 bits per heavy atom. The van der Waals surface area contributed by atoms with Crippen LogP contribution in [0.25, 0.3) is 0 Å². The summed E-state index contributed by atoms with van der Waals surface area (Å²) in [6, 6.07) is 2.06.